The van der Waals surface area contributed by atoms with Crippen molar-refractivity contribution in [2.24, 2.45) is 5.92 Å². The minimum atomic E-state index is -0.238. The lowest BCUT2D eigenvalue weighted by Crippen LogP contribution is -2.47. The van der Waals surface area contributed by atoms with E-state index in [2.05, 4.69) is 11.8 Å². The minimum absolute atomic E-state index is 0.238. The van der Waals surface area contributed by atoms with Gasteiger partial charge in [0.25, 0.3) is 0 Å². The number of likely N-dealkylation sites (tertiary alicyclic amines) is 2. The number of carbonyl (C=O) groups is 1. The highest BCUT2D eigenvalue weighted by molar-refractivity contribution is 5.78. The third-order valence-electron chi connectivity index (χ3n) is 3.98. The minimum Gasteiger partial charge on any atom is -0.392 e. The van der Waals surface area contributed by atoms with Crippen LogP contribution in [-0.2, 0) is 4.79 Å². The quantitative estimate of drug-likeness (QED) is 0.773. The molecule has 0 aliphatic carbocycles. The molecule has 2 heterocycles. The molecule has 4 heteroatoms. The first-order valence-electron chi connectivity index (χ1n) is 6.83. The van der Waals surface area contributed by atoms with Gasteiger partial charge in [-0.2, -0.15) is 0 Å². The van der Waals surface area contributed by atoms with E-state index in [4.69, 9.17) is 0 Å². The summed E-state index contributed by atoms with van der Waals surface area (Å²) in [5, 5.41) is 9.57. The van der Waals surface area contributed by atoms with Crippen LogP contribution in [0.5, 0.6) is 0 Å². The van der Waals surface area contributed by atoms with E-state index in [1.807, 2.05) is 4.90 Å². The highest BCUT2D eigenvalue weighted by atomic mass is 16.3. The molecule has 0 aromatic carbocycles. The molecule has 4 nitrogen and oxygen atoms in total. The van der Waals surface area contributed by atoms with E-state index in [9.17, 15) is 9.90 Å². The molecular weight excluding hydrogens is 216 g/mol. The van der Waals surface area contributed by atoms with Crippen molar-refractivity contribution in [2.45, 2.75) is 38.7 Å². The average Bonchev–Trinajstić information content (AvgIpc) is 2.29. The highest BCUT2D eigenvalue weighted by Crippen LogP contribution is 2.17. The van der Waals surface area contributed by atoms with Gasteiger partial charge in [0.15, 0.2) is 0 Å². The van der Waals surface area contributed by atoms with Gasteiger partial charge in [-0.1, -0.05) is 6.92 Å². The Hall–Kier alpha value is -0.610. The van der Waals surface area contributed by atoms with Crippen LogP contribution in [0.4, 0.5) is 0 Å². The first-order valence-corrected chi connectivity index (χ1v) is 6.83. The van der Waals surface area contributed by atoms with E-state index in [-0.39, 0.29) is 12.0 Å². The van der Waals surface area contributed by atoms with E-state index >= 15 is 0 Å². The summed E-state index contributed by atoms with van der Waals surface area (Å²) in [6.07, 6.45) is 3.91. The number of aliphatic hydroxyl groups excluding tert-OH is 1. The van der Waals surface area contributed by atoms with Gasteiger partial charge in [0.05, 0.1) is 12.6 Å². The van der Waals surface area contributed by atoms with Crippen molar-refractivity contribution in [3.63, 3.8) is 0 Å². The first-order chi connectivity index (χ1) is 8.15. The maximum atomic E-state index is 12.1. The average molecular weight is 240 g/mol. The number of carbonyl (C=O) groups excluding carboxylic acids is 1. The maximum absolute atomic E-state index is 12.1. The van der Waals surface area contributed by atoms with Crippen LogP contribution < -0.4 is 0 Å². The van der Waals surface area contributed by atoms with Crippen LogP contribution in [0.1, 0.15) is 32.6 Å². The zero-order valence-corrected chi connectivity index (χ0v) is 10.8. The molecule has 17 heavy (non-hydrogen) atoms. The van der Waals surface area contributed by atoms with Crippen molar-refractivity contribution in [1.82, 2.24) is 9.80 Å². The fraction of sp³-hybridized carbons (Fsp3) is 0.923. The number of β-amino-alcohol motifs (C(OH)–C–C–N with tert-alkyl or cyclic N) is 1. The van der Waals surface area contributed by atoms with Gasteiger partial charge in [0.2, 0.25) is 5.91 Å². The van der Waals surface area contributed by atoms with Crippen LogP contribution in [0.25, 0.3) is 0 Å². The third kappa shape index (κ3) is 3.68. The second-order valence-corrected chi connectivity index (χ2v) is 5.59. The molecule has 2 aliphatic rings. The summed E-state index contributed by atoms with van der Waals surface area (Å²) in [6, 6.07) is 0. The molecule has 1 atom stereocenters. The number of hydrogen-bond acceptors (Lipinski definition) is 3. The topological polar surface area (TPSA) is 43.8 Å². The van der Waals surface area contributed by atoms with E-state index in [0.717, 1.165) is 51.2 Å². The number of aliphatic hydroxyl groups is 1. The van der Waals surface area contributed by atoms with Gasteiger partial charge in [-0.25, -0.2) is 0 Å². The zero-order valence-electron chi connectivity index (χ0n) is 10.8. The van der Waals surface area contributed by atoms with Crippen molar-refractivity contribution >= 4 is 5.91 Å². The van der Waals surface area contributed by atoms with Gasteiger partial charge in [0, 0.05) is 19.6 Å². The van der Waals surface area contributed by atoms with E-state index < -0.39 is 0 Å². The Kier molecular flexibility index (Phi) is 4.40. The molecule has 1 N–H and O–H groups in total. The Labute approximate surface area is 104 Å². The summed E-state index contributed by atoms with van der Waals surface area (Å²) in [5.41, 5.74) is 0. The summed E-state index contributed by atoms with van der Waals surface area (Å²) in [4.78, 5) is 16.2. The zero-order chi connectivity index (χ0) is 12.3. The van der Waals surface area contributed by atoms with Crippen LogP contribution >= 0.6 is 0 Å². The molecule has 0 unspecified atom stereocenters. The summed E-state index contributed by atoms with van der Waals surface area (Å²) in [5.74, 6) is 1.00. The summed E-state index contributed by atoms with van der Waals surface area (Å²) in [7, 11) is 0. The normalized spacial score (nSPS) is 28.4. The lowest BCUT2D eigenvalue weighted by atomic mass is 9.99. The van der Waals surface area contributed by atoms with Crippen LogP contribution in [-0.4, -0.2) is 59.6 Å². The SMILES string of the molecule is CC1CCN(C(=O)CN2CCC[C@H](O)C2)CC1. The Morgan fingerprint density at radius 2 is 1.94 bits per heavy atom. The van der Waals surface area contributed by atoms with Crippen molar-refractivity contribution in [3.05, 3.63) is 0 Å². The highest BCUT2D eigenvalue weighted by Gasteiger charge is 2.24. The third-order valence-corrected chi connectivity index (χ3v) is 3.98. The summed E-state index contributed by atoms with van der Waals surface area (Å²) in [6.45, 7) is 6.18. The molecule has 0 radical (unpaired) electrons. The molecule has 1 amide bonds. The molecular formula is C13H24N2O2. The number of hydrogen-bond donors (Lipinski definition) is 1. The fourth-order valence-electron chi connectivity index (χ4n) is 2.72. The monoisotopic (exact) mass is 240 g/mol. The first kappa shape index (κ1) is 12.8. The predicted octanol–water partition coefficient (Wildman–Crippen LogP) is 0.702. The molecule has 0 spiro atoms. The smallest absolute Gasteiger partial charge is 0.236 e. The van der Waals surface area contributed by atoms with Crippen LogP contribution in [0.3, 0.4) is 0 Å². The summed E-state index contributed by atoms with van der Waals surface area (Å²) < 4.78 is 0. The lowest BCUT2D eigenvalue weighted by Gasteiger charge is -2.34. The number of amides is 1. The number of rotatable bonds is 2. The fourth-order valence-corrected chi connectivity index (χ4v) is 2.72. The Balaban J connectivity index is 1.76. The molecule has 2 aliphatic heterocycles. The second-order valence-electron chi connectivity index (χ2n) is 5.59. The standard InChI is InChI=1S/C13H24N2O2/c1-11-4-7-15(8-5-11)13(17)10-14-6-2-3-12(16)9-14/h11-12,16H,2-10H2,1H3/t12-/m0/s1. The second kappa shape index (κ2) is 5.83. The van der Waals surface area contributed by atoms with E-state index in [1.54, 1.807) is 0 Å². The van der Waals surface area contributed by atoms with Crippen molar-refractivity contribution in [2.75, 3.05) is 32.7 Å². The van der Waals surface area contributed by atoms with Gasteiger partial charge in [-0.05, 0) is 38.1 Å². The Morgan fingerprint density at radius 1 is 1.24 bits per heavy atom. The molecule has 2 saturated heterocycles. The molecule has 2 fully saturated rings. The van der Waals surface area contributed by atoms with Gasteiger partial charge in [-0.3, -0.25) is 9.69 Å². The van der Waals surface area contributed by atoms with Gasteiger partial charge in [-0.15, -0.1) is 0 Å². The molecule has 98 valence electrons. The number of nitrogens with zero attached hydrogens (tertiary/aromatic N) is 2. The van der Waals surface area contributed by atoms with Crippen LogP contribution in [0.2, 0.25) is 0 Å². The number of piperidine rings is 2. The maximum Gasteiger partial charge on any atom is 0.236 e. The van der Waals surface area contributed by atoms with Crippen LogP contribution in [0.15, 0.2) is 0 Å². The largest absolute Gasteiger partial charge is 0.392 e. The Morgan fingerprint density at radius 3 is 2.59 bits per heavy atom. The lowest BCUT2D eigenvalue weighted by molar-refractivity contribution is -0.134. The van der Waals surface area contributed by atoms with E-state index in [1.165, 1.54) is 0 Å². The van der Waals surface area contributed by atoms with E-state index in [0.29, 0.717) is 13.1 Å². The van der Waals surface area contributed by atoms with Gasteiger partial charge < -0.3 is 10.0 Å². The van der Waals surface area contributed by atoms with Crippen molar-refractivity contribution in [1.29, 1.82) is 0 Å². The van der Waals surface area contributed by atoms with Crippen molar-refractivity contribution < 1.29 is 9.90 Å². The predicted molar refractivity (Wildman–Crippen MR) is 66.7 cm³/mol. The van der Waals surface area contributed by atoms with Crippen molar-refractivity contribution in [3.8, 4) is 0 Å². The molecule has 0 bridgehead atoms. The molecule has 0 saturated carbocycles. The van der Waals surface area contributed by atoms with Gasteiger partial charge >= 0.3 is 0 Å². The van der Waals surface area contributed by atoms with Gasteiger partial charge in [0.1, 0.15) is 0 Å². The Bertz CT molecular complexity index is 262. The molecule has 0 aromatic rings. The summed E-state index contributed by atoms with van der Waals surface area (Å²) >= 11 is 0. The molecule has 0 aromatic heterocycles. The van der Waals surface area contributed by atoms with Crippen LogP contribution in [0, 0.1) is 5.92 Å². The molecule has 2 rings (SSSR count).